The van der Waals surface area contributed by atoms with E-state index >= 15 is 0 Å². The number of thiazole rings is 1. The van der Waals surface area contributed by atoms with Crippen LogP contribution in [0.15, 0.2) is 34.5 Å². The molecule has 1 atom stereocenters. The first-order valence-electron chi connectivity index (χ1n) is 5.58. The number of nitrogens with zero attached hydrogens (tertiary/aromatic N) is 1. The van der Waals surface area contributed by atoms with Crippen molar-refractivity contribution in [1.82, 2.24) is 9.71 Å². The number of halogens is 1. The Bertz CT molecular complexity index is 665. The molecular formula is C12H13ClN2O2S2. The van der Waals surface area contributed by atoms with Gasteiger partial charge >= 0.3 is 0 Å². The maximum atomic E-state index is 12.2. The number of hydrogen-bond acceptors (Lipinski definition) is 4. The summed E-state index contributed by atoms with van der Waals surface area (Å²) in [5.74, 6) is 0. The normalized spacial score (nSPS) is 13.4. The smallest absolute Gasteiger partial charge is 0.241 e. The zero-order chi connectivity index (χ0) is 14.0. The summed E-state index contributed by atoms with van der Waals surface area (Å²) in [6.45, 7) is 3.65. The van der Waals surface area contributed by atoms with Gasteiger partial charge in [-0.1, -0.05) is 11.6 Å². The SMILES string of the molecule is Cc1nc(C(C)NS(=O)(=O)c2ccc(Cl)cc2)cs1. The van der Waals surface area contributed by atoms with Crippen molar-refractivity contribution in [3.63, 3.8) is 0 Å². The van der Waals surface area contributed by atoms with E-state index in [2.05, 4.69) is 9.71 Å². The van der Waals surface area contributed by atoms with Crippen molar-refractivity contribution in [1.29, 1.82) is 0 Å². The molecule has 0 radical (unpaired) electrons. The number of rotatable bonds is 4. The molecule has 2 aromatic rings. The summed E-state index contributed by atoms with van der Waals surface area (Å²) in [4.78, 5) is 4.46. The molecule has 0 saturated heterocycles. The second-order valence-corrected chi connectivity index (χ2v) is 7.30. The third-order valence-corrected chi connectivity index (χ3v) is 5.14. The molecule has 4 nitrogen and oxygen atoms in total. The van der Waals surface area contributed by atoms with Crippen LogP contribution in [0.4, 0.5) is 0 Å². The second kappa shape index (κ2) is 5.58. The molecule has 19 heavy (non-hydrogen) atoms. The van der Waals surface area contributed by atoms with Gasteiger partial charge in [0.25, 0.3) is 0 Å². The topological polar surface area (TPSA) is 59.1 Å². The van der Waals surface area contributed by atoms with Crippen LogP contribution in [0.3, 0.4) is 0 Å². The Morgan fingerprint density at radius 2 is 1.95 bits per heavy atom. The number of sulfonamides is 1. The minimum atomic E-state index is -3.56. The van der Waals surface area contributed by atoms with E-state index in [0.717, 1.165) is 10.7 Å². The molecule has 0 aliphatic heterocycles. The maximum absolute atomic E-state index is 12.2. The van der Waals surface area contributed by atoms with E-state index in [4.69, 9.17) is 11.6 Å². The van der Waals surface area contributed by atoms with E-state index < -0.39 is 10.0 Å². The van der Waals surface area contributed by atoms with Crippen LogP contribution >= 0.6 is 22.9 Å². The number of nitrogens with one attached hydrogen (secondary N) is 1. The van der Waals surface area contributed by atoms with Crippen LogP contribution in [-0.4, -0.2) is 13.4 Å². The molecule has 1 heterocycles. The Morgan fingerprint density at radius 3 is 2.47 bits per heavy atom. The van der Waals surface area contributed by atoms with Gasteiger partial charge in [0.05, 0.1) is 21.6 Å². The van der Waals surface area contributed by atoms with Gasteiger partial charge in [0.1, 0.15) is 0 Å². The van der Waals surface area contributed by atoms with E-state index in [1.165, 1.54) is 23.5 Å². The van der Waals surface area contributed by atoms with Crippen molar-refractivity contribution in [3.05, 3.63) is 45.4 Å². The summed E-state index contributed by atoms with van der Waals surface area (Å²) in [5, 5.41) is 3.26. The predicted molar refractivity (Wildman–Crippen MR) is 77.0 cm³/mol. The van der Waals surface area contributed by atoms with Crippen molar-refractivity contribution >= 4 is 33.0 Å². The van der Waals surface area contributed by atoms with Gasteiger partial charge in [-0.3, -0.25) is 0 Å². The lowest BCUT2D eigenvalue weighted by Gasteiger charge is -2.12. The van der Waals surface area contributed by atoms with E-state index in [-0.39, 0.29) is 10.9 Å². The zero-order valence-corrected chi connectivity index (χ0v) is 12.8. The standard InChI is InChI=1S/C12H13ClN2O2S2/c1-8(12-7-18-9(2)14-12)15-19(16,17)11-5-3-10(13)4-6-11/h3-8,15H,1-2H3. The van der Waals surface area contributed by atoms with Crippen LogP contribution < -0.4 is 4.72 Å². The molecule has 7 heteroatoms. The Hall–Kier alpha value is -0.950. The van der Waals surface area contributed by atoms with Crippen molar-refractivity contribution < 1.29 is 8.42 Å². The fourth-order valence-corrected chi connectivity index (χ4v) is 3.60. The minimum Gasteiger partial charge on any atom is -0.245 e. The number of aromatic nitrogens is 1. The van der Waals surface area contributed by atoms with Gasteiger partial charge in [-0.15, -0.1) is 11.3 Å². The molecule has 0 bridgehead atoms. The van der Waals surface area contributed by atoms with Crippen molar-refractivity contribution in [2.24, 2.45) is 0 Å². The van der Waals surface area contributed by atoms with Crippen LogP contribution in [0.1, 0.15) is 23.7 Å². The summed E-state index contributed by atoms with van der Waals surface area (Å²) in [5.41, 5.74) is 0.722. The lowest BCUT2D eigenvalue weighted by Crippen LogP contribution is -2.27. The summed E-state index contributed by atoms with van der Waals surface area (Å²) >= 11 is 7.24. The largest absolute Gasteiger partial charge is 0.245 e. The molecule has 0 aliphatic carbocycles. The lowest BCUT2D eigenvalue weighted by atomic mass is 10.3. The summed E-state index contributed by atoms with van der Waals surface area (Å²) in [7, 11) is -3.56. The molecule has 1 aromatic heterocycles. The van der Waals surface area contributed by atoms with Crippen molar-refractivity contribution in [3.8, 4) is 0 Å². The molecule has 0 saturated carbocycles. The number of hydrogen-bond donors (Lipinski definition) is 1. The third-order valence-electron chi connectivity index (χ3n) is 2.54. The number of aryl methyl sites for hydroxylation is 1. The highest BCUT2D eigenvalue weighted by Gasteiger charge is 2.19. The van der Waals surface area contributed by atoms with E-state index in [0.29, 0.717) is 5.02 Å². The third kappa shape index (κ3) is 3.54. The van der Waals surface area contributed by atoms with Gasteiger partial charge < -0.3 is 0 Å². The van der Waals surface area contributed by atoms with Gasteiger partial charge in [-0.2, -0.15) is 0 Å². The molecule has 0 fully saturated rings. The summed E-state index contributed by atoms with van der Waals surface area (Å²) in [6, 6.07) is 5.68. The fourth-order valence-electron chi connectivity index (χ4n) is 1.55. The molecule has 1 N–H and O–H groups in total. The highest BCUT2D eigenvalue weighted by molar-refractivity contribution is 7.89. The minimum absolute atomic E-state index is 0.190. The highest BCUT2D eigenvalue weighted by atomic mass is 35.5. The quantitative estimate of drug-likeness (QED) is 0.942. The van der Waals surface area contributed by atoms with E-state index in [1.807, 2.05) is 12.3 Å². The first-order valence-corrected chi connectivity index (χ1v) is 8.32. The van der Waals surface area contributed by atoms with Crippen LogP contribution in [0.5, 0.6) is 0 Å². The molecule has 102 valence electrons. The molecular weight excluding hydrogens is 304 g/mol. The van der Waals surface area contributed by atoms with Crippen molar-refractivity contribution in [2.75, 3.05) is 0 Å². The maximum Gasteiger partial charge on any atom is 0.241 e. The van der Waals surface area contributed by atoms with Crippen molar-refractivity contribution in [2.45, 2.75) is 24.8 Å². The Balaban J connectivity index is 2.19. The van der Waals surface area contributed by atoms with Crippen LogP contribution in [0, 0.1) is 6.92 Å². The summed E-state index contributed by atoms with van der Waals surface area (Å²) < 4.78 is 26.9. The summed E-state index contributed by atoms with van der Waals surface area (Å²) in [6.07, 6.45) is 0. The van der Waals surface area contributed by atoms with Crippen LogP contribution in [0.2, 0.25) is 5.02 Å². The molecule has 0 amide bonds. The Morgan fingerprint density at radius 1 is 1.32 bits per heavy atom. The van der Waals surface area contributed by atoms with Crippen LogP contribution in [0.25, 0.3) is 0 Å². The molecule has 0 aliphatic rings. The van der Waals surface area contributed by atoms with Crippen LogP contribution in [-0.2, 0) is 10.0 Å². The van der Waals surface area contributed by atoms with E-state index in [9.17, 15) is 8.42 Å². The number of benzene rings is 1. The van der Waals surface area contributed by atoms with Gasteiger partial charge in [0.15, 0.2) is 0 Å². The Labute approximate surface area is 121 Å². The monoisotopic (exact) mass is 316 g/mol. The van der Waals surface area contributed by atoms with Gasteiger partial charge in [0.2, 0.25) is 10.0 Å². The van der Waals surface area contributed by atoms with Gasteiger partial charge in [-0.25, -0.2) is 18.1 Å². The van der Waals surface area contributed by atoms with Gasteiger partial charge in [-0.05, 0) is 38.1 Å². The second-order valence-electron chi connectivity index (χ2n) is 4.09. The van der Waals surface area contributed by atoms with E-state index in [1.54, 1.807) is 19.1 Å². The fraction of sp³-hybridized carbons (Fsp3) is 0.250. The van der Waals surface area contributed by atoms with Gasteiger partial charge in [0, 0.05) is 10.4 Å². The highest BCUT2D eigenvalue weighted by Crippen LogP contribution is 2.19. The first-order chi connectivity index (χ1) is 8.88. The zero-order valence-electron chi connectivity index (χ0n) is 10.4. The average molecular weight is 317 g/mol. The predicted octanol–water partition coefficient (Wildman–Crippen LogP) is 3.14. The first kappa shape index (κ1) is 14.5. The molecule has 2 rings (SSSR count). The molecule has 0 spiro atoms. The average Bonchev–Trinajstić information content (AvgIpc) is 2.76. The molecule has 1 aromatic carbocycles. The molecule has 1 unspecified atom stereocenters. The lowest BCUT2D eigenvalue weighted by molar-refractivity contribution is 0.564. The Kier molecular flexibility index (Phi) is 4.25.